The van der Waals surface area contributed by atoms with Gasteiger partial charge in [0.15, 0.2) is 12.1 Å². The molecule has 4 rings (SSSR count). The van der Waals surface area contributed by atoms with Crippen LogP contribution in [0.4, 0.5) is 10.2 Å². The predicted octanol–water partition coefficient (Wildman–Crippen LogP) is 2.35. The van der Waals surface area contributed by atoms with Crippen molar-refractivity contribution in [3.63, 3.8) is 0 Å². The highest BCUT2D eigenvalue weighted by atomic mass is 35.5. The number of hydrogen-bond acceptors (Lipinski definition) is 9. The fraction of sp³-hybridized carbons (Fsp3) is 0.400. The highest BCUT2D eigenvalue weighted by molar-refractivity contribution is 7.70. The molecule has 3 aromatic rings. The molecule has 1 aliphatic heterocycles. The van der Waals surface area contributed by atoms with E-state index in [2.05, 4.69) is 15.3 Å². The maximum atomic E-state index is 14.2. The molecule has 0 radical (unpaired) electrons. The number of benzene rings is 1. The quantitative estimate of drug-likeness (QED) is 0.160. The van der Waals surface area contributed by atoms with Crippen molar-refractivity contribution in [2.75, 3.05) is 17.8 Å². The number of rotatable bonds is 9. The van der Waals surface area contributed by atoms with E-state index in [1.165, 1.54) is 16.8 Å². The molecule has 0 spiro atoms. The fourth-order valence-electron chi connectivity index (χ4n) is 3.99. The lowest BCUT2D eigenvalue weighted by molar-refractivity contribution is -0.0481. The lowest BCUT2D eigenvalue weighted by Gasteiger charge is -2.19. The van der Waals surface area contributed by atoms with Crippen LogP contribution in [0.1, 0.15) is 24.8 Å². The average molecular weight is 581 g/mol. The molecule has 6 atom stereocenters. The standard InChI is InChI=1S/C20H24ClFN4O9P2/c1-10(11-4-2-3-5-13(11)22)23-17-12-6-7-26(18(12)25-20(21)24-17)19-16(28)15(27)14(35-19)8-34-37(32,33)9-36(29,30)31/h2-7,10,14-16,19,27-28H,8-9H2,1H3,(H,32,33)(H,23,24,25)(H2,29,30,31)/t10-,14+,15+,16+,19+/m0/s1. The number of nitrogens with one attached hydrogen (secondary N) is 1. The third-order valence-electron chi connectivity index (χ3n) is 5.68. The zero-order valence-electron chi connectivity index (χ0n) is 19.1. The highest BCUT2D eigenvalue weighted by Crippen LogP contribution is 2.55. The zero-order valence-corrected chi connectivity index (χ0v) is 21.7. The number of aliphatic hydroxyl groups is 2. The molecule has 202 valence electrons. The predicted molar refractivity (Wildman–Crippen MR) is 130 cm³/mol. The molecule has 3 heterocycles. The Hall–Kier alpha value is -1.96. The fourth-order valence-corrected chi connectivity index (χ4v) is 6.72. The van der Waals surface area contributed by atoms with Crippen LogP contribution >= 0.6 is 26.8 Å². The minimum absolute atomic E-state index is 0.165. The molecule has 1 aromatic carbocycles. The van der Waals surface area contributed by atoms with Crippen LogP contribution in [0.5, 0.6) is 0 Å². The van der Waals surface area contributed by atoms with Gasteiger partial charge in [0.1, 0.15) is 35.6 Å². The third kappa shape index (κ3) is 6.37. The Morgan fingerprint density at radius 2 is 1.89 bits per heavy atom. The Balaban J connectivity index is 1.56. The molecule has 17 heteroatoms. The van der Waals surface area contributed by atoms with Crippen LogP contribution in [-0.4, -0.2) is 70.3 Å². The summed E-state index contributed by atoms with van der Waals surface area (Å²) in [6.45, 7) is 0.999. The van der Waals surface area contributed by atoms with E-state index in [1.54, 1.807) is 31.2 Å². The van der Waals surface area contributed by atoms with Crippen molar-refractivity contribution in [2.45, 2.75) is 37.5 Å². The summed E-state index contributed by atoms with van der Waals surface area (Å²) in [6, 6.07) is 7.31. The van der Waals surface area contributed by atoms with Crippen LogP contribution in [0.25, 0.3) is 11.0 Å². The molecule has 0 aliphatic carbocycles. The summed E-state index contributed by atoms with van der Waals surface area (Å²) in [5.74, 6) is -1.54. The van der Waals surface area contributed by atoms with Crippen LogP contribution in [0.3, 0.4) is 0 Å². The van der Waals surface area contributed by atoms with E-state index in [9.17, 15) is 28.6 Å². The molecule has 1 saturated heterocycles. The van der Waals surface area contributed by atoms with Gasteiger partial charge in [0, 0.05) is 11.8 Å². The molecule has 13 nitrogen and oxygen atoms in total. The van der Waals surface area contributed by atoms with Gasteiger partial charge in [-0.05, 0) is 30.7 Å². The maximum absolute atomic E-state index is 14.2. The van der Waals surface area contributed by atoms with E-state index < -0.39 is 64.1 Å². The molecule has 2 aromatic heterocycles. The van der Waals surface area contributed by atoms with Crippen molar-refractivity contribution >= 4 is 43.6 Å². The maximum Gasteiger partial charge on any atom is 0.340 e. The van der Waals surface area contributed by atoms with Crippen molar-refractivity contribution in [1.82, 2.24) is 14.5 Å². The second-order valence-electron chi connectivity index (χ2n) is 8.47. The Labute approximate surface area is 214 Å². The van der Waals surface area contributed by atoms with Gasteiger partial charge in [0.2, 0.25) is 5.28 Å². The van der Waals surface area contributed by atoms with Crippen LogP contribution in [0.15, 0.2) is 36.5 Å². The van der Waals surface area contributed by atoms with E-state index in [0.717, 1.165) is 0 Å². The number of fused-ring (bicyclic) bond motifs is 1. The van der Waals surface area contributed by atoms with Gasteiger partial charge in [0.25, 0.3) is 0 Å². The molecular formula is C20H24ClFN4O9P2. The molecule has 1 fully saturated rings. The van der Waals surface area contributed by atoms with Crippen molar-refractivity contribution in [3.8, 4) is 0 Å². The first-order chi connectivity index (χ1) is 17.3. The van der Waals surface area contributed by atoms with Gasteiger partial charge < -0.3 is 44.0 Å². The first-order valence-corrected chi connectivity index (χ1v) is 14.8. The summed E-state index contributed by atoms with van der Waals surface area (Å²) in [5.41, 5.74) is 0.598. The molecule has 6 N–H and O–H groups in total. The van der Waals surface area contributed by atoms with Gasteiger partial charge in [-0.2, -0.15) is 4.98 Å². The van der Waals surface area contributed by atoms with Crippen LogP contribution in [0, 0.1) is 5.82 Å². The summed E-state index contributed by atoms with van der Waals surface area (Å²) in [4.78, 5) is 35.8. The van der Waals surface area contributed by atoms with Gasteiger partial charge in [-0.3, -0.25) is 9.13 Å². The first kappa shape index (κ1) is 28.1. The van der Waals surface area contributed by atoms with E-state index >= 15 is 0 Å². The average Bonchev–Trinajstić information content (AvgIpc) is 3.32. The summed E-state index contributed by atoms with van der Waals surface area (Å²) in [5, 5.41) is 24.4. The topological polar surface area (TPSA) is 196 Å². The summed E-state index contributed by atoms with van der Waals surface area (Å²) in [7, 11) is -9.55. The molecule has 0 amide bonds. The van der Waals surface area contributed by atoms with Crippen molar-refractivity contribution in [2.24, 2.45) is 0 Å². The number of anilines is 1. The van der Waals surface area contributed by atoms with Crippen LogP contribution < -0.4 is 5.32 Å². The number of nitrogens with zero attached hydrogens (tertiary/aromatic N) is 3. The van der Waals surface area contributed by atoms with Gasteiger partial charge in [-0.1, -0.05) is 18.2 Å². The van der Waals surface area contributed by atoms with E-state index in [0.29, 0.717) is 10.9 Å². The van der Waals surface area contributed by atoms with Crippen LogP contribution in [-0.2, 0) is 18.4 Å². The van der Waals surface area contributed by atoms with E-state index in [-0.39, 0.29) is 16.7 Å². The van der Waals surface area contributed by atoms with Crippen molar-refractivity contribution in [1.29, 1.82) is 0 Å². The molecule has 1 unspecified atom stereocenters. The minimum atomic E-state index is -4.85. The summed E-state index contributed by atoms with van der Waals surface area (Å²) < 4.78 is 48.9. The van der Waals surface area contributed by atoms with Crippen molar-refractivity contribution in [3.05, 3.63) is 53.2 Å². The number of aromatic nitrogens is 3. The summed E-state index contributed by atoms with van der Waals surface area (Å²) in [6.07, 6.45) is -4.17. The number of hydrogen-bond donors (Lipinski definition) is 6. The van der Waals surface area contributed by atoms with E-state index in [4.69, 9.17) is 30.6 Å². The lowest BCUT2D eigenvalue weighted by atomic mass is 10.1. The second-order valence-corrected chi connectivity index (χ2v) is 12.8. The molecule has 37 heavy (non-hydrogen) atoms. The Morgan fingerprint density at radius 1 is 1.19 bits per heavy atom. The Kier molecular flexibility index (Phi) is 8.08. The highest BCUT2D eigenvalue weighted by Gasteiger charge is 2.45. The molecule has 0 saturated carbocycles. The van der Waals surface area contributed by atoms with Gasteiger partial charge >= 0.3 is 15.2 Å². The van der Waals surface area contributed by atoms with Gasteiger partial charge in [-0.15, -0.1) is 0 Å². The van der Waals surface area contributed by atoms with E-state index in [1.807, 2.05) is 0 Å². The van der Waals surface area contributed by atoms with Crippen LogP contribution in [0.2, 0.25) is 5.28 Å². The Bertz CT molecular complexity index is 1390. The molecule has 1 aliphatic rings. The number of aliphatic hydroxyl groups excluding tert-OH is 2. The SMILES string of the molecule is C[C@H](Nc1nc(Cl)nc2c1ccn2[C@@H]1O[C@H](COP(=O)(O)CP(=O)(O)O)[C@@H](O)[C@H]1O)c1ccccc1F. The Morgan fingerprint density at radius 3 is 2.57 bits per heavy atom. The smallest absolute Gasteiger partial charge is 0.340 e. The minimum Gasteiger partial charge on any atom is -0.387 e. The largest absolute Gasteiger partial charge is 0.387 e. The van der Waals surface area contributed by atoms with Gasteiger partial charge in [-0.25, -0.2) is 9.37 Å². The third-order valence-corrected chi connectivity index (χ3v) is 9.31. The number of halogens is 2. The van der Waals surface area contributed by atoms with Crippen molar-refractivity contribution < 1.29 is 47.7 Å². The first-order valence-electron chi connectivity index (χ1n) is 10.8. The second kappa shape index (κ2) is 10.7. The summed E-state index contributed by atoms with van der Waals surface area (Å²) >= 11 is 6.12. The lowest BCUT2D eigenvalue weighted by Crippen LogP contribution is -2.33. The number of ether oxygens (including phenoxy) is 1. The monoisotopic (exact) mass is 580 g/mol. The normalized spacial score (nSPS) is 24.8. The molecule has 0 bridgehead atoms. The molecular weight excluding hydrogens is 557 g/mol. The van der Waals surface area contributed by atoms with Gasteiger partial charge in [0.05, 0.1) is 18.0 Å². The zero-order chi connectivity index (χ0) is 27.1.